The summed E-state index contributed by atoms with van der Waals surface area (Å²) >= 11 is 0.669. The van der Waals surface area contributed by atoms with Crippen molar-refractivity contribution >= 4 is 23.4 Å². The van der Waals surface area contributed by atoms with Crippen LogP contribution >= 0.6 is 11.8 Å². The van der Waals surface area contributed by atoms with Crippen molar-refractivity contribution < 1.29 is 26.7 Å². The number of nitrogens with one attached hydrogen (secondary N) is 1. The zero-order chi connectivity index (χ0) is 17.6. The molecule has 0 saturated heterocycles. The second-order valence-electron chi connectivity index (χ2n) is 4.80. The molecular weight excluding hydrogens is 339 g/mol. The number of hydrogen-bond acceptors (Lipinski definition) is 3. The number of nitrogens with two attached hydrogens (primary N) is 1. The summed E-state index contributed by atoms with van der Waals surface area (Å²) in [4.78, 5) is 12.0. The smallest absolute Gasteiger partial charge is 0.324 e. The number of thioether (sulfide) groups is 1. The van der Waals surface area contributed by atoms with Gasteiger partial charge in [-0.2, -0.15) is 13.2 Å². The molecule has 0 aromatic heterocycles. The van der Waals surface area contributed by atoms with Gasteiger partial charge in [0.25, 0.3) is 0 Å². The molecule has 0 fully saturated rings. The Labute approximate surface area is 134 Å². The Hall–Kier alpha value is -1.35. The molecule has 3 N–H and O–H groups in total. The van der Waals surface area contributed by atoms with Crippen LogP contribution in [0.5, 0.6) is 0 Å². The van der Waals surface area contributed by atoms with Crippen molar-refractivity contribution in [3.8, 4) is 0 Å². The Balaban J connectivity index is 3.04. The van der Waals surface area contributed by atoms with Gasteiger partial charge in [-0.25, -0.2) is 8.78 Å². The minimum atomic E-state index is -4.60. The molecule has 1 aromatic carbocycles. The summed E-state index contributed by atoms with van der Waals surface area (Å²) < 4.78 is 62.9. The van der Waals surface area contributed by atoms with Gasteiger partial charge in [-0.05, 0) is 24.6 Å². The molecule has 1 rings (SSSR count). The molecule has 0 aliphatic carbocycles. The number of alkyl halides is 5. The van der Waals surface area contributed by atoms with Crippen LogP contribution in [0.2, 0.25) is 0 Å². The second kappa shape index (κ2) is 8.49. The Morgan fingerprint density at radius 3 is 2.52 bits per heavy atom. The lowest BCUT2D eigenvalue weighted by atomic mass is 10.1. The van der Waals surface area contributed by atoms with Gasteiger partial charge in [0.15, 0.2) is 0 Å². The van der Waals surface area contributed by atoms with Gasteiger partial charge in [0, 0.05) is 4.90 Å². The number of hydrogen-bond donors (Lipinski definition) is 2. The zero-order valence-electron chi connectivity index (χ0n) is 12.3. The van der Waals surface area contributed by atoms with E-state index in [1.165, 1.54) is 0 Å². The molecule has 1 unspecified atom stereocenters. The van der Waals surface area contributed by atoms with E-state index in [0.29, 0.717) is 24.6 Å². The molecule has 0 radical (unpaired) electrons. The van der Waals surface area contributed by atoms with Crippen LogP contribution in [0, 0.1) is 0 Å². The van der Waals surface area contributed by atoms with Crippen LogP contribution < -0.4 is 11.1 Å². The van der Waals surface area contributed by atoms with E-state index in [0.717, 1.165) is 18.2 Å². The highest BCUT2D eigenvalue weighted by molar-refractivity contribution is 7.99. The fraction of sp³-hybridized carbons (Fsp3) is 0.500. The van der Waals surface area contributed by atoms with Crippen LogP contribution in [0.1, 0.15) is 25.3 Å². The van der Waals surface area contributed by atoms with Crippen molar-refractivity contribution in [2.75, 3.05) is 11.1 Å². The van der Waals surface area contributed by atoms with Crippen molar-refractivity contribution in [3.63, 3.8) is 0 Å². The monoisotopic (exact) mass is 356 g/mol. The third kappa shape index (κ3) is 6.34. The number of carbonyl (C=O) groups is 1. The first-order valence-electron chi connectivity index (χ1n) is 6.83. The molecule has 1 aromatic rings. The number of carbonyl (C=O) groups excluding carboxylic acids is 1. The molecule has 0 aliphatic rings. The number of halogens is 5. The lowest BCUT2D eigenvalue weighted by Gasteiger charge is -2.16. The van der Waals surface area contributed by atoms with E-state index in [2.05, 4.69) is 5.32 Å². The lowest BCUT2D eigenvalue weighted by molar-refractivity contribution is -0.137. The van der Waals surface area contributed by atoms with Crippen molar-refractivity contribution in [3.05, 3.63) is 23.8 Å². The van der Waals surface area contributed by atoms with Crippen LogP contribution in [0.4, 0.5) is 27.6 Å². The molecule has 0 saturated carbocycles. The van der Waals surface area contributed by atoms with Crippen molar-refractivity contribution in [1.82, 2.24) is 0 Å². The van der Waals surface area contributed by atoms with E-state index < -0.39 is 35.9 Å². The van der Waals surface area contributed by atoms with E-state index >= 15 is 0 Å². The van der Waals surface area contributed by atoms with Gasteiger partial charge >= 0.3 is 6.18 Å². The van der Waals surface area contributed by atoms with Crippen LogP contribution in [-0.4, -0.2) is 24.1 Å². The van der Waals surface area contributed by atoms with Gasteiger partial charge in [0.1, 0.15) is 0 Å². The van der Waals surface area contributed by atoms with E-state index in [4.69, 9.17) is 5.73 Å². The fourth-order valence-electron chi connectivity index (χ4n) is 1.75. The molecule has 0 heterocycles. The molecule has 0 spiro atoms. The van der Waals surface area contributed by atoms with Crippen molar-refractivity contribution in [2.24, 2.45) is 5.73 Å². The topological polar surface area (TPSA) is 55.1 Å². The number of amides is 1. The van der Waals surface area contributed by atoms with Gasteiger partial charge in [0.05, 0.1) is 23.0 Å². The van der Waals surface area contributed by atoms with Gasteiger partial charge in [-0.1, -0.05) is 13.3 Å². The van der Waals surface area contributed by atoms with Crippen LogP contribution in [0.3, 0.4) is 0 Å². The molecule has 23 heavy (non-hydrogen) atoms. The average Bonchev–Trinajstić information content (AvgIpc) is 2.44. The fourth-order valence-corrected chi connectivity index (χ4v) is 2.49. The molecule has 0 aliphatic heterocycles. The normalized spacial score (nSPS) is 13.2. The maximum atomic E-state index is 12.8. The molecule has 0 bridgehead atoms. The highest BCUT2D eigenvalue weighted by Gasteiger charge is 2.31. The van der Waals surface area contributed by atoms with E-state index in [-0.39, 0.29) is 10.6 Å². The number of benzene rings is 1. The first-order valence-corrected chi connectivity index (χ1v) is 7.82. The Bertz CT molecular complexity index is 536. The van der Waals surface area contributed by atoms with Crippen molar-refractivity contribution in [1.29, 1.82) is 0 Å². The Morgan fingerprint density at radius 1 is 1.35 bits per heavy atom. The summed E-state index contributed by atoms with van der Waals surface area (Å²) in [6.07, 6.45) is -6.22. The van der Waals surface area contributed by atoms with E-state index in [1.54, 1.807) is 6.92 Å². The minimum absolute atomic E-state index is 0.135. The Morgan fingerprint density at radius 2 is 2.00 bits per heavy atom. The van der Waals surface area contributed by atoms with E-state index in [9.17, 15) is 26.7 Å². The summed E-state index contributed by atoms with van der Waals surface area (Å²) in [5, 5.41) is 2.30. The maximum Gasteiger partial charge on any atom is 0.416 e. The predicted octanol–water partition coefficient (Wildman–Crippen LogP) is 4.13. The Kier molecular flexibility index (Phi) is 7.27. The quantitative estimate of drug-likeness (QED) is 0.571. The number of anilines is 1. The summed E-state index contributed by atoms with van der Waals surface area (Å²) in [7, 11) is 0. The molecular formula is C14H17F5N2OS. The number of rotatable bonds is 7. The van der Waals surface area contributed by atoms with Crippen molar-refractivity contribution in [2.45, 2.75) is 43.3 Å². The molecule has 1 atom stereocenters. The maximum absolute atomic E-state index is 12.8. The molecule has 9 heteroatoms. The van der Waals surface area contributed by atoms with Gasteiger partial charge in [-0.3, -0.25) is 4.79 Å². The highest BCUT2D eigenvalue weighted by atomic mass is 32.2. The van der Waals surface area contributed by atoms with Crippen LogP contribution in [-0.2, 0) is 11.0 Å². The third-order valence-electron chi connectivity index (χ3n) is 2.87. The SMILES string of the molecule is CCCC(N)C(=O)Nc1cc(C(F)(F)F)ccc1SCC(F)F. The van der Waals surface area contributed by atoms with Gasteiger partial charge in [0.2, 0.25) is 12.3 Å². The average molecular weight is 356 g/mol. The van der Waals surface area contributed by atoms with E-state index in [1.807, 2.05) is 0 Å². The highest BCUT2D eigenvalue weighted by Crippen LogP contribution is 2.36. The largest absolute Gasteiger partial charge is 0.416 e. The van der Waals surface area contributed by atoms with Gasteiger partial charge < -0.3 is 11.1 Å². The molecule has 3 nitrogen and oxygen atoms in total. The third-order valence-corrected chi connectivity index (χ3v) is 3.95. The standard InChI is InChI=1S/C14H17F5N2OS/c1-2-3-9(20)13(22)21-10-6-8(14(17,18)19)4-5-11(10)23-7-12(15)16/h4-6,9,12H,2-3,7,20H2,1H3,(H,21,22). The zero-order valence-corrected chi connectivity index (χ0v) is 13.1. The molecule has 1 amide bonds. The van der Waals surface area contributed by atoms with Crippen LogP contribution in [0.15, 0.2) is 23.1 Å². The summed E-state index contributed by atoms with van der Waals surface area (Å²) in [5.41, 5.74) is 4.47. The van der Waals surface area contributed by atoms with Gasteiger partial charge in [-0.15, -0.1) is 11.8 Å². The first-order chi connectivity index (χ1) is 10.6. The minimum Gasteiger partial charge on any atom is -0.324 e. The molecule has 130 valence electrons. The van der Waals surface area contributed by atoms with Crippen LogP contribution in [0.25, 0.3) is 0 Å². The lowest BCUT2D eigenvalue weighted by Crippen LogP contribution is -2.35. The summed E-state index contributed by atoms with van der Waals surface area (Å²) in [6.45, 7) is 1.81. The predicted molar refractivity (Wildman–Crippen MR) is 79.7 cm³/mol. The summed E-state index contributed by atoms with van der Waals surface area (Å²) in [6, 6.07) is 1.71. The summed E-state index contributed by atoms with van der Waals surface area (Å²) in [5.74, 6) is -1.24. The second-order valence-corrected chi connectivity index (χ2v) is 5.86. The first kappa shape index (κ1) is 19.7.